The van der Waals surface area contributed by atoms with Gasteiger partial charge in [0.15, 0.2) is 0 Å². The van der Waals surface area contributed by atoms with Gasteiger partial charge in [0.1, 0.15) is 0 Å². The zero-order valence-corrected chi connectivity index (χ0v) is 19.4. The predicted molar refractivity (Wildman–Crippen MR) is 141 cm³/mol. The van der Waals surface area contributed by atoms with E-state index in [1.165, 1.54) is 58.2 Å². The molecular weight excluding hydrogens is 438 g/mol. The van der Waals surface area contributed by atoms with Crippen LogP contribution in [0.3, 0.4) is 0 Å². The molecule has 1 aromatic heterocycles. The first-order chi connectivity index (χ1) is 16.4. The Morgan fingerprint density at radius 2 is 1.03 bits per heavy atom. The van der Waals surface area contributed by atoms with E-state index >= 15 is 0 Å². The number of fused-ring (bicyclic) bond motifs is 5. The number of nitrogens with zero attached hydrogens (tertiary/aromatic N) is 1. The second-order valence-corrected chi connectivity index (χ2v) is 10.3. The lowest BCUT2D eigenvalue weighted by Gasteiger charge is -2.21. The van der Waals surface area contributed by atoms with E-state index in [-0.39, 0.29) is 0 Å². The quantitative estimate of drug-likeness (QED) is 0.255. The van der Waals surface area contributed by atoms with Crippen LogP contribution in [0.5, 0.6) is 0 Å². The average molecular weight is 458 g/mol. The lowest BCUT2D eigenvalue weighted by atomic mass is 10.1. The fraction of sp³-hybridized carbons (Fsp3) is 0. The van der Waals surface area contributed by atoms with Crippen LogP contribution >= 0.6 is 23.5 Å². The molecule has 1 aliphatic heterocycles. The molecule has 1 nitrogen and oxygen atoms in total. The molecule has 0 atom stereocenters. The van der Waals surface area contributed by atoms with Crippen molar-refractivity contribution in [2.45, 2.75) is 19.6 Å². The van der Waals surface area contributed by atoms with Crippen LogP contribution in [0.1, 0.15) is 0 Å². The molecule has 0 bridgehead atoms. The Labute approximate surface area is 201 Å². The van der Waals surface area contributed by atoms with Gasteiger partial charge >= 0.3 is 0 Å². The first-order valence-corrected chi connectivity index (χ1v) is 12.7. The molecule has 6 aromatic rings. The molecule has 7 rings (SSSR count). The molecule has 0 spiro atoms. The van der Waals surface area contributed by atoms with Crippen molar-refractivity contribution in [3.05, 3.63) is 115 Å². The summed E-state index contributed by atoms with van der Waals surface area (Å²) in [5, 5.41) is 2.59. The lowest BCUT2D eigenvalue weighted by Crippen LogP contribution is -1.95. The molecule has 0 saturated carbocycles. The summed E-state index contributed by atoms with van der Waals surface area (Å²) in [6.07, 6.45) is 0. The van der Waals surface area contributed by atoms with E-state index in [2.05, 4.69) is 120 Å². The van der Waals surface area contributed by atoms with Crippen molar-refractivity contribution in [3.8, 4) is 16.8 Å². The maximum Gasteiger partial charge on any atom is 0.0541 e. The highest BCUT2D eigenvalue weighted by atomic mass is 32.2. The van der Waals surface area contributed by atoms with Crippen LogP contribution < -0.4 is 0 Å². The highest BCUT2D eigenvalue weighted by Crippen LogP contribution is 2.51. The second-order valence-electron chi connectivity index (χ2n) is 8.20. The molecule has 0 N–H and O–H groups in total. The summed E-state index contributed by atoms with van der Waals surface area (Å²) in [5.41, 5.74) is 6.23. The van der Waals surface area contributed by atoms with E-state index in [1.54, 1.807) is 0 Å². The van der Waals surface area contributed by atoms with E-state index in [0.717, 1.165) is 0 Å². The van der Waals surface area contributed by atoms with Crippen molar-refractivity contribution in [2.24, 2.45) is 0 Å². The van der Waals surface area contributed by atoms with Gasteiger partial charge < -0.3 is 4.57 Å². The largest absolute Gasteiger partial charge is 0.309 e. The molecule has 0 radical (unpaired) electrons. The Hall–Kier alpha value is -3.40. The first kappa shape index (κ1) is 19.1. The molecule has 33 heavy (non-hydrogen) atoms. The van der Waals surface area contributed by atoms with Crippen molar-refractivity contribution in [3.63, 3.8) is 0 Å². The van der Waals surface area contributed by atoms with Gasteiger partial charge in [-0.2, -0.15) is 0 Å². The van der Waals surface area contributed by atoms with Gasteiger partial charge in [0.05, 0.1) is 11.0 Å². The molecule has 0 fully saturated rings. The smallest absolute Gasteiger partial charge is 0.0541 e. The number of hydrogen-bond acceptors (Lipinski definition) is 2. The fourth-order valence-electron chi connectivity index (χ4n) is 4.77. The SMILES string of the molecule is c1ccc2c(c1)Sc1cccc(-c3ccc(-n4c5ccccc5c5ccccc54)cc3)c1S2. The molecule has 0 aliphatic carbocycles. The van der Waals surface area contributed by atoms with Crippen LogP contribution in [0, 0.1) is 0 Å². The average Bonchev–Trinajstić information content (AvgIpc) is 3.22. The Morgan fingerprint density at radius 3 is 1.73 bits per heavy atom. The maximum absolute atomic E-state index is 2.37. The van der Waals surface area contributed by atoms with Crippen molar-refractivity contribution < 1.29 is 0 Å². The zero-order valence-electron chi connectivity index (χ0n) is 17.7. The van der Waals surface area contributed by atoms with Crippen LogP contribution in [0.2, 0.25) is 0 Å². The second kappa shape index (κ2) is 7.58. The van der Waals surface area contributed by atoms with Crippen molar-refractivity contribution in [1.29, 1.82) is 0 Å². The minimum Gasteiger partial charge on any atom is -0.309 e. The first-order valence-electron chi connectivity index (χ1n) is 11.0. The fourth-order valence-corrected chi connectivity index (χ4v) is 7.17. The number of hydrogen-bond donors (Lipinski definition) is 0. The lowest BCUT2D eigenvalue weighted by molar-refractivity contribution is 1.16. The monoisotopic (exact) mass is 457 g/mol. The molecule has 156 valence electrons. The molecule has 0 saturated heterocycles. The minimum absolute atomic E-state index is 1.19. The van der Waals surface area contributed by atoms with E-state index in [9.17, 15) is 0 Å². The van der Waals surface area contributed by atoms with Gasteiger partial charge in [0.25, 0.3) is 0 Å². The normalized spacial score (nSPS) is 12.6. The predicted octanol–water partition coefficient (Wildman–Crippen LogP) is 9.07. The van der Waals surface area contributed by atoms with E-state index in [0.29, 0.717) is 0 Å². The maximum atomic E-state index is 2.37. The van der Waals surface area contributed by atoms with Gasteiger partial charge in [-0.3, -0.25) is 0 Å². The number of para-hydroxylation sites is 2. The van der Waals surface area contributed by atoms with Gasteiger partial charge in [-0.1, -0.05) is 96.3 Å². The summed E-state index contributed by atoms with van der Waals surface area (Å²) in [4.78, 5) is 5.37. The van der Waals surface area contributed by atoms with Crippen LogP contribution in [-0.4, -0.2) is 4.57 Å². The summed E-state index contributed by atoms with van der Waals surface area (Å²) in [6.45, 7) is 0. The summed E-state index contributed by atoms with van der Waals surface area (Å²) in [6, 6.07) is 41.7. The van der Waals surface area contributed by atoms with Gasteiger partial charge in [-0.25, -0.2) is 0 Å². The Bertz CT molecular complexity index is 1610. The van der Waals surface area contributed by atoms with Gasteiger partial charge in [-0.15, -0.1) is 0 Å². The van der Waals surface area contributed by atoms with Crippen LogP contribution in [-0.2, 0) is 0 Å². The Kier molecular flexibility index (Phi) is 4.39. The number of benzene rings is 5. The standard InChI is InChI=1S/C30H19NS2/c1-3-11-25-23(8-1)24-9-2-4-12-26(24)31(25)21-18-16-20(17-19-21)22-10-7-15-29-30(22)33-28-14-6-5-13-27(28)32-29/h1-19H. The topological polar surface area (TPSA) is 4.93 Å². The molecule has 0 unspecified atom stereocenters. The van der Waals surface area contributed by atoms with Gasteiger partial charge in [0.2, 0.25) is 0 Å². The highest BCUT2D eigenvalue weighted by Gasteiger charge is 2.20. The van der Waals surface area contributed by atoms with E-state index < -0.39 is 0 Å². The van der Waals surface area contributed by atoms with Crippen LogP contribution in [0.25, 0.3) is 38.6 Å². The molecule has 1 aliphatic rings. The number of aromatic nitrogens is 1. The van der Waals surface area contributed by atoms with Crippen molar-refractivity contribution in [2.75, 3.05) is 0 Å². The third-order valence-electron chi connectivity index (χ3n) is 6.28. The van der Waals surface area contributed by atoms with E-state index in [1.807, 2.05) is 23.5 Å². The molecule has 0 amide bonds. The molecule has 3 heteroatoms. The van der Waals surface area contributed by atoms with Crippen LogP contribution in [0.4, 0.5) is 0 Å². The minimum atomic E-state index is 1.19. The molecular formula is C30H19NS2. The molecule has 2 heterocycles. The van der Waals surface area contributed by atoms with Crippen LogP contribution in [0.15, 0.2) is 135 Å². The number of rotatable bonds is 2. The zero-order chi connectivity index (χ0) is 21.8. The van der Waals surface area contributed by atoms with Crippen molar-refractivity contribution >= 4 is 45.3 Å². The third-order valence-corrected chi connectivity index (χ3v) is 8.89. The summed E-state index contributed by atoms with van der Waals surface area (Å²) >= 11 is 3.75. The molecule has 5 aromatic carbocycles. The summed E-state index contributed by atoms with van der Waals surface area (Å²) in [7, 11) is 0. The van der Waals surface area contributed by atoms with E-state index in [4.69, 9.17) is 0 Å². The summed E-state index contributed by atoms with van der Waals surface area (Å²) < 4.78 is 2.37. The van der Waals surface area contributed by atoms with Gasteiger partial charge in [-0.05, 0) is 53.6 Å². The van der Waals surface area contributed by atoms with Crippen molar-refractivity contribution in [1.82, 2.24) is 4.57 Å². The third kappa shape index (κ3) is 3.04. The Morgan fingerprint density at radius 1 is 0.455 bits per heavy atom. The highest BCUT2D eigenvalue weighted by molar-refractivity contribution is 8.05. The summed E-state index contributed by atoms with van der Waals surface area (Å²) in [5.74, 6) is 0. The Balaban J connectivity index is 1.34. The van der Waals surface area contributed by atoms with Gasteiger partial charge in [0, 0.05) is 36.0 Å².